The van der Waals surface area contributed by atoms with Crippen molar-refractivity contribution in [3.05, 3.63) is 66.3 Å². The highest BCUT2D eigenvalue weighted by Gasteiger charge is 2.01. The number of benzene rings is 1. The van der Waals surface area contributed by atoms with E-state index in [4.69, 9.17) is 0 Å². The largest absolute Gasteiger partial charge is 0.197 e. The highest BCUT2D eigenvalue weighted by atomic mass is 32.1. The molecule has 2 rings (SSSR count). The number of hydrogen-bond acceptors (Lipinski definition) is 0. The average Bonchev–Trinajstić information content (AvgIpc) is 2.19. The van der Waals surface area contributed by atoms with Crippen LogP contribution in [0.25, 0.3) is 5.57 Å². The molecule has 0 N–H and O–H groups in total. The van der Waals surface area contributed by atoms with Gasteiger partial charge in [0.15, 0.2) is 0 Å². The Balaban J connectivity index is 0.000000980. The van der Waals surface area contributed by atoms with Crippen molar-refractivity contribution in [2.24, 2.45) is 0 Å². The number of allylic oxidation sites excluding steroid dienone is 5. The standard InChI is InChI=1S/C13H12.H2S/c1-11-6-5-9-13(10-11)12-7-3-2-4-8-12;/h2-5,7-10H,1,6H2;1H2. The van der Waals surface area contributed by atoms with E-state index in [9.17, 15) is 0 Å². The summed E-state index contributed by atoms with van der Waals surface area (Å²) in [6, 6.07) is 10.4. The summed E-state index contributed by atoms with van der Waals surface area (Å²) in [4.78, 5) is 0. The van der Waals surface area contributed by atoms with Gasteiger partial charge in [-0.2, -0.15) is 13.5 Å². The van der Waals surface area contributed by atoms with Gasteiger partial charge in [0.1, 0.15) is 0 Å². The van der Waals surface area contributed by atoms with E-state index in [1.165, 1.54) is 16.7 Å². The average molecular weight is 202 g/mol. The molecule has 0 fully saturated rings. The molecular weight excluding hydrogens is 188 g/mol. The van der Waals surface area contributed by atoms with Crippen molar-refractivity contribution in [1.82, 2.24) is 0 Å². The minimum Gasteiger partial charge on any atom is -0.197 e. The second kappa shape index (κ2) is 4.87. The first kappa shape index (κ1) is 10.9. The van der Waals surface area contributed by atoms with Crippen molar-refractivity contribution < 1.29 is 0 Å². The summed E-state index contributed by atoms with van der Waals surface area (Å²) in [7, 11) is 0. The summed E-state index contributed by atoms with van der Waals surface area (Å²) in [6.45, 7) is 3.96. The Bertz CT molecular complexity index is 371. The maximum Gasteiger partial charge on any atom is -0.00998 e. The zero-order valence-corrected chi connectivity index (χ0v) is 9.03. The first-order valence-electron chi connectivity index (χ1n) is 4.48. The van der Waals surface area contributed by atoms with Gasteiger partial charge in [-0.1, -0.05) is 60.7 Å². The van der Waals surface area contributed by atoms with E-state index in [0.29, 0.717) is 0 Å². The third-order valence-corrected chi connectivity index (χ3v) is 2.14. The topological polar surface area (TPSA) is 0 Å². The van der Waals surface area contributed by atoms with Crippen LogP contribution in [0.1, 0.15) is 12.0 Å². The van der Waals surface area contributed by atoms with Crippen LogP contribution in [0.3, 0.4) is 0 Å². The molecular formula is C13H14S. The Kier molecular flexibility index (Phi) is 3.78. The Labute approximate surface area is 92.1 Å². The number of hydrogen-bond donors (Lipinski definition) is 0. The molecule has 0 aliphatic heterocycles. The maximum absolute atomic E-state index is 3.96. The SMILES string of the molecule is C=C1C=C(c2ccccc2)C=CC1.S. The van der Waals surface area contributed by atoms with Crippen LogP contribution >= 0.6 is 13.5 Å². The Morgan fingerprint density at radius 3 is 2.43 bits per heavy atom. The van der Waals surface area contributed by atoms with Crippen molar-refractivity contribution in [3.63, 3.8) is 0 Å². The van der Waals surface area contributed by atoms with E-state index in [2.05, 4.69) is 49.1 Å². The summed E-state index contributed by atoms with van der Waals surface area (Å²) < 4.78 is 0. The zero-order valence-electron chi connectivity index (χ0n) is 8.03. The molecule has 0 radical (unpaired) electrons. The molecule has 0 nitrogen and oxygen atoms in total. The molecule has 0 spiro atoms. The van der Waals surface area contributed by atoms with Crippen LogP contribution in [0.4, 0.5) is 0 Å². The fourth-order valence-electron chi connectivity index (χ4n) is 1.47. The molecule has 1 aliphatic carbocycles. The molecule has 1 aromatic rings. The minimum absolute atomic E-state index is 0. The van der Waals surface area contributed by atoms with Gasteiger partial charge in [0.2, 0.25) is 0 Å². The van der Waals surface area contributed by atoms with Gasteiger partial charge in [0.05, 0.1) is 0 Å². The normalized spacial score (nSPS) is 14.6. The summed E-state index contributed by atoms with van der Waals surface area (Å²) in [5.74, 6) is 0. The zero-order chi connectivity index (χ0) is 9.10. The van der Waals surface area contributed by atoms with E-state index in [1.54, 1.807) is 0 Å². The van der Waals surface area contributed by atoms with E-state index in [-0.39, 0.29) is 13.5 Å². The van der Waals surface area contributed by atoms with Crippen LogP contribution in [0.15, 0.2) is 60.7 Å². The lowest BCUT2D eigenvalue weighted by Gasteiger charge is -2.08. The monoisotopic (exact) mass is 202 g/mol. The van der Waals surface area contributed by atoms with Crippen molar-refractivity contribution in [2.45, 2.75) is 6.42 Å². The van der Waals surface area contributed by atoms with Gasteiger partial charge in [0.25, 0.3) is 0 Å². The maximum atomic E-state index is 3.96. The van der Waals surface area contributed by atoms with Crippen molar-refractivity contribution in [1.29, 1.82) is 0 Å². The molecule has 0 aromatic heterocycles. The summed E-state index contributed by atoms with van der Waals surface area (Å²) in [5, 5.41) is 0. The fraction of sp³-hybridized carbons (Fsp3) is 0.0769. The van der Waals surface area contributed by atoms with E-state index >= 15 is 0 Å². The Morgan fingerprint density at radius 1 is 1.07 bits per heavy atom. The van der Waals surface area contributed by atoms with Crippen LogP contribution in [0.5, 0.6) is 0 Å². The quantitative estimate of drug-likeness (QED) is 0.651. The summed E-state index contributed by atoms with van der Waals surface area (Å²) in [6.07, 6.45) is 7.44. The smallest absolute Gasteiger partial charge is 0.00998 e. The highest BCUT2D eigenvalue weighted by molar-refractivity contribution is 7.59. The fourth-order valence-corrected chi connectivity index (χ4v) is 1.47. The molecule has 72 valence electrons. The van der Waals surface area contributed by atoms with Gasteiger partial charge >= 0.3 is 0 Å². The first-order valence-corrected chi connectivity index (χ1v) is 4.48. The molecule has 1 aliphatic rings. The highest BCUT2D eigenvalue weighted by Crippen LogP contribution is 2.22. The van der Waals surface area contributed by atoms with Crippen LogP contribution in [-0.2, 0) is 0 Å². The van der Waals surface area contributed by atoms with Gasteiger partial charge in [-0.3, -0.25) is 0 Å². The summed E-state index contributed by atoms with van der Waals surface area (Å²) >= 11 is 0. The first-order chi connectivity index (χ1) is 6.36. The molecule has 0 heterocycles. The lowest BCUT2D eigenvalue weighted by atomic mass is 9.97. The van der Waals surface area contributed by atoms with Crippen LogP contribution in [-0.4, -0.2) is 0 Å². The predicted octanol–water partition coefficient (Wildman–Crippen LogP) is 3.70. The van der Waals surface area contributed by atoms with E-state index in [0.717, 1.165) is 6.42 Å². The second-order valence-electron chi connectivity index (χ2n) is 3.23. The molecule has 0 bridgehead atoms. The Morgan fingerprint density at radius 2 is 1.79 bits per heavy atom. The van der Waals surface area contributed by atoms with Gasteiger partial charge in [0, 0.05) is 0 Å². The van der Waals surface area contributed by atoms with E-state index < -0.39 is 0 Å². The van der Waals surface area contributed by atoms with Gasteiger partial charge < -0.3 is 0 Å². The second-order valence-corrected chi connectivity index (χ2v) is 3.23. The van der Waals surface area contributed by atoms with E-state index in [1.807, 2.05) is 6.07 Å². The van der Waals surface area contributed by atoms with Crippen molar-refractivity contribution in [3.8, 4) is 0 Å². The Hall–Kier alpha value is -1.21. The van der Waals surface area contributed by atoms with Crippen molar-refractivity contribution >= 4 is 19.1 Å². The molecule has 0 amide bonds. The minimum atomic E-state index is 0. The van der Waals surface area contributed by atoms with Gasteiger partial charge in [-0.05, 0) is 17.6 Å². The van der Waals surface area contributed by atoms with Crippen LogP contribution < -0.4 is 0 Å². The molecule has 1 aromatic carbocycles. The lowest BCUT2D eigenvalue weighted by molar-refractivity contribution is 1.28. The number of rotatable bonds is 1. The van der Waals surface area contributed by atoms with Crippen LogP contribution in [0.2, 0.25) is 0 Å². The molecule has 0 unspecified atom stereocenters. The molecule has 0 saturated heterocycles. The lowest BCUT2D eigenvalue weighted by Crippen LogP contribution is -1.86. The third-order valence-electron chi connectivity index (χ3n) is 2.14. The van der Waals surface area contributed by atoms with Gasteiger partial charge in [-0.25, -0.2) is 0 Å². The molecule has 1 heteroatoms. The van der Waals surface area contributed by atoms with Gasteiger partial charge in [-0.15, -0.1) is 0 Å². The third kappa shape index (κ3) is 2.39. The predicted molar refractivity (Wildman–Crippen MR) is 67.7 cm³/mol. The summed E-state index contributed by atoms with van der Waals surface area (Å²) in [5.41, 5.74) is 3.71. The molecule has 14 heavy (non-hydrogen) atoms. The molecule has 0 atom stereocenters. The molecule has 0 saturated carbocycles. The van der Waals surface area contributed by atoms with Crippen LogP contribution in [0, 0.1) is 0 Å². The van der Waals surface area contributed by atoms with Crippen molar-refractivity contribution in [2.75, 3.05) is 0 Å².